The molecule has 4 aromatic rings. The number of aryl methyl sites for hydroxylation is 3. The number of nitrogens with two attached hydrogens (primary N) is 1. The minimum absolute atomic E-state index is 0.195. The maximum absolute atomic E-state index is 12.6. The number of carbonyl (C=O) groups is 2. The lowest BCUT2D eigenvalue weighted by Crippen LogP contribution is -2.19. The highest BCUT2D eigenvalue weighted by atomic mass is 16.2. The zero-order valence-corrected chi connectivity index (χ0v) is 18.3. The molecule has 2 heterocycles. The summed E-state index contributed by atoms with van der Waals surface area (Å²) < 4.78 is 1.86. The van der Waals surface area contributed by atoms with E-state index in [9.17, 15) is 9.59 Å². The van der Waals surface area contributed by atoms with Crippen LogP contribution in [0, 0.1) is 20.8 Å². The average molecular weight is 428 g/mol. The smallest absolute Gasteiger partial charge is 0.250 e. The number of primary amides is 1. The Balaban J connectivity index is 1.59. The predicted molar refractivity (Wildman–Crippen MR) is 125 cm³/mol. The van der Waals surface area contributed by atoms with Crippen molar-refractivity contribution in [1.82, 2.24) is 14.6 Å². The first-order valence-electron chi connectivity index (χ1n) is 10.5. The first-order chi connectivity index (χ1) is 15.4. The van der Waals surface area contributed by atoms with Crippen molar-refractivity contribution in [2.75, 3.05) is 5.32 Å². The number of amides is 2. The van der Waals surface area contributed by atoms with Gasteiger partial charge in [-0.1, -0.05) is 42.5 Å². The minimum Gasteiger partial charge on any atom is -0.366 e. The molecule has 2 aromatic carbocycles. The normalized spacial score (nSPS) is 11.0. The summed E-state index contributed by atoms with van der Waals surface area (Å²) in [6, 6.07) is 16.8. The SMILES string of the molecule is Cc1nc2c(-c3ccccc3)c(C)nn2c(C)c1CCC(=O)Nc1ccccc1C(N)=O. The fourth-order valence-corrected chi connectivity index (χ4v) is 4.03. The molecule has 7 nitrogen and oxygen atoms in total. The molecule has 4 rings (SSSR count). The van der Waals surface area contributed by atoms with Gasteiger partial charge in [-0.2, -0.15) is 5.10 Å². The molecule has 3 N–H and O–H groups in total. The second-order valence-electron chi connectivity index (χ2n) is 7.78. The summed E-state index contributed by atoms with van der Waals surface area (Å²) in [6.07, 6.45) is 0.749. The minimum atomic E-state index is -0.578. The van der Waals surface area contributed by atoms with Crippen LogP contribution in [0.15, 0.2) is 54.6 Å². The zero-order valence-electron chi connectivity index (χ0n) is 18.3. The molecule has 0 radical (unpaired) electrons. The van der Waals surface area contributed by atoms with Crippen LogP contribution < -0.4 is 11.1 Å². The molecule has 0 aliphatic carbocycles. The molecular weight excluding hydrogens is 402 g/mol. The molecule has 2 aromatic heterocycles. The van der Waals surface area contributed by atoms with Gasteiger partial charge in [-0.25, -0.2) is 9.50 Å². The Kier molecular flexibility index (Phi) is 5.73. The third-order valence-corrected chi connectivity index (χ3v) is 5.63. The Bertz CT molecular complexity index is 1330. The number of para-hydroxylation sites is 1. The highest BCUT2D eigenvalue weighted by molar-refractivity contribution is 6.03. The van der Waals surface area contributed by atoms with Gasteiger partial charge in [-0.3, -0.25) is 9.59 Å². The molecule has 162 valence electrons. The first-order valence-corrected chi connectivity index (χ1v) is 10.5. The number of rotatable bonds is 6. The van der Waals surface area contributed by atoms with Crippen LogP contribution in [0.2, 0.25) is 0 Å². The van der Waals surface area contributed by atoms with Crippen molar-refractivity contribution in [3.63, 3.8) is 0 Å². The van der Waals surface area contributed by atoms with Gasteiger partial charge in [0.1, 0.15) is 0 Å². The molecule has 7 heteroatoms. The van der Waals surface area contributed by atoms with E-state index >= 15 is 0 Å². The van der Waals surface area contributed by atoms with E-state index in [0.717, 1.165) is 39.4 Å². The van der Waals surface area contributed by atoms with E-state index in [-0.39, 0.29) is 17.9 Å². The maximum atomic E-state index is 12.6. The van der Waals surface area contributed by atoms with Gasteiger partial charge < -0.3 is 11.1 Å². The predicted octanol–water partition coefficient (Wildman–Crippen LogP) is 3.99. The van der Waals surface area contributed by atoms with Crippen molar-refractivity contribution in [2.45, 2.75) is 33.6 Å². The molecule has 0 saturated heterocycles. The molecule has 2 amide bonds. The Hall–Kier alpha value is -4.00. The van der Waals surface area contributed by atoms with Gasteiger partial charge in [-0.05, 0) is 50.5 Å². The molecule has 0 aliphatic heterocycles. The number of hydrogen-bond acceptors (Lipinski definition) is 4. The Morgan fingerprint density at radius 3 is 2.38 bits per heavy atom. The number of anilines is 1. The second-order valence-corrected chi connectivity index (χ2v) is 7.78. The van der Waals surface area contributed by atoms with Gasteiger partial charge in [0.2, 0.25) is 5.91 Å². The number of fused-ring (bicyclic) bond motifs is 1. The summed E-state index contributed by atoms with van der Waals surface area (Å²) >= 11 is 0. The van der Waals surface area contributed by atoms with E-state index < -0.39 is 5.91 Å². The van der Waals surface area contributed by atoms with Crippen molar-refractivity contribution in [1.29, 1.82) is 0 Å². The molecule has 0 aliphatic rings. The van der Waals surface area contributed by atoms with Crippen LogP contribution in [-0.2, 0) is 11.2 Å². The van der Waals surface area contributed by atoms with Gasteiger partial charge >= 0.3 is 0 Å². The van der Waals surface area contributed by atoms with Gasteiger partial charge in [-0.15, -0.1) is 0 Å². The molecule has 0 saturated carbocycles. The zero-order chi connectivity index (χ0) is 22.8. The lowest BCUT2D eigenvalue weighted by Gasteiger charge is -2.12. The van der Waals surface area contributed by atoms with Crippen LogP contribution in [0.4, 0.5) is 5.69 Å². The number of aromatic nitrogens is 3. The van der Waals surface area contributed by atoms with Gasteiger partial charge in [0.15, 0.2) is 5.65 Å². The standard InChI is InChI=1S/C25H25N5O2/c1-15-19(13-14-22(31)28-21-12-8-7-11-20(21)24(26)32)17(3)30-25(27-15)23(16(2)29-30)18-9-5-4-6-10-18/h4-12H,13-14H2,1-3H3,(H2,26,32)(H,28,31). The number of carbonyl (C=O) groups excluding carboxylic acids is 2. The maximum Gasteiger partial charge on any atom is 0.250 e. The summed E-state index contributed by atoms with van der Waals surface area (Å²) in [5.74, 6) is -0.773. The molecule has 0 unspecified atom stereocenters. The topological polar surface area (TPSA) is 102 Å². The highest BCUT2D eigenvalue weighted by Gasteiger charge is 2.18. The van der Waals surface area contributed by atoms with Crippen molar-refractivity contribution >= 4 is 23.1 Å². The van der Waals surface area contributed by atoms with Gasteiger partial charge in [0.25, 0.3) is 5.91 Å². The average Bonchev–Trinajstić information content (AvgIpc) is 3.10. The summed E-state index contributed by atoms with van der Waals surface area (Å²) in [7, 11) is 0. The van der Waals surface area contributed by atoms with Crippen molar-refractivity contribution in [3.05, 3.63) is 82.8 Å². The summed E-state index contributed by atoms with van der Waals surface area (Å²) in [5.41, 5.74) is 12.7. The largest absolute Gasteiger partial charge is 0.366 e. The number of benzene rings is 2. The first kappa shape index (κ1) is 21.2. The molecule has 0 fully saturated rings. The lowest BCUT2D eigenvalue weighted by atomic mass is 10.0. The molecule has 0 bridgehead atoms. The van der Waals surface area contributed by atoms with E-state index in [1.165, 1.54) is 0 Å². The monoisotopic (exact) mass is 427 g/mol. The van der Waals surface area contributed by atoms with E-state index in [1.54, 1.807) is 24.3 Å². The Morgan fingerprint density at radius 1 is 0.969 bits per heavy atom. The molecular formula is C25H25N5O2. The van der Waals surface area contributed by atoms with Crippen molar-refractivity contribution in [2.24, 2.45) is 5.73 Å². The summed E-state index contributed by atoms with van der Waals surface area (Å²) in [6.45, 7) is 5.94. The quantitative estimate of drug-likeness (QED) is 0.486. The third kappa shape index (κ3) is 3.97. The highest BCUT2D eigenvalue weighted by Crippen LogP contribution is 2.29. The van der Waals surface area contributed by atoms with E-state index in [0.29, 0.717) is 12.1 Å². The van der Waals surface area contributed by atoms with Gasteiger partial charge in [0, 0.05) is 23.4 Å². The van der Waals surface area contributed by atoms with Crippen molar-refractivity contribution < 1.29 is 9.59 Å². The molecule has 0 atom stereocenters. The van der Waals surface area contributed by atoms with Gasteiger partial charge in [0.05, 0.1) is 16.9 Å². The second kappa shape index (κ2) is 8.63. The summed E-state index contributed by atoms with van der Waals surface area (Å²) in [5, 5.41) is 7.51. The fourth-order valence-electron chi connectivity index (χ4n) is 4.03. The van der Waals surface area contributed by atoms with E-state index in [4.69, 9.17) is 15.8 Å². The van der Waals surface area contributed by atoms with Crippen molar-refractivity contribution in [3.8, 4) is 11.1 Å². The fraction of sp³-hybridized carbons (Fsp3) is 0.200. The molecule has 0 spiro atoms. The van der Waals surface area contributed by atoms with Crippen LogP contribution in [0.3, 0.4) is 0 Å². The van der Waals surface area contributed by atoms with Crippen LogP contribution in [0.1, 0.15) is 39.4 Å². The van der Waals surface area contributed by atoms with Crippen LogP contribution in [0.25, 0.3) is 16.8 Å². The Labute approximate surface area is 186 Å². The number of nitrogens with zero attached hydrogens (tertiary/aromatic N) is 3. The number of hydrogen-bond donors (Lipinski definition) is 2. The van der Waals surface area contributed by atoms with Crippen LogP contribution in [0.5, 0.6) is 0 Å². The van der Waals surface area contributed by atoms with E-state index in [1.807, 2.05) is 43.5 Å². The number of nitrogens with one attached hydrogen (secondary N) is 1. The van der Waals surface area contributed by atoms with Crippen LogP contribution >= 0.6 is 0 Å². The lowest BCUT2D eigenvalue weighted by molar-refractivity contribution is -0.116. The molecule has 32 heavy (non-hydrogen) atoms. The van der Waals surface area contributed by atoms with E-state index in [2.05, 4.69) is 17.4 Å². The Morgan fingerprint density at radius 2 is 1.66 bits per heavy atom. The summed E-state index contributed by atoms with van der Waals surface area (Å²) in [4.78, 5) is 29.0. The van der Waals surface area contributed by atoms with Crippen LogP contribution in [-0.4, -0.2) is 26.4 Å². The third-order valence-electron chi connectivity index (χ3n) is 5.63.